The molecule has 3 heteroatoms. The number of rotatable bonds is 5. The lowest BCUT2D eigenvalue weighted by Gasteiger charge is -2.40. The van der Waals surface area contributed by atoms with E-state index in [1.807, 2.05) is 6.07 Å². The maximum atomic E-state index is 6.48. The summed E-state index contributed by atoms with van der Waals surface area (Å²) >= 11 is 6.48. The molecule has 2 atom stereocenters. The van der Waals surface area contributed by atoms with Crippen molar-refractivity contribution in [2.45, 2.75) is 53.1 Å². The van der Waals surface area contributed by atoms with Gasteiger partial charge in [0, 0.05) is 35.4 Å². The quantitative estimate of drug-likeness (QED) is 0.847. The highest BCUT2D eigenvalue weighted by Crippen LogP contribution is 2.33. The minimum absolute atomic E-state index is 0.584. The molecule has 1 heterocycles. The molecule has 1 aliphatic heterocycles. The van der Waals surface area contributed by atoms with Crippen LogP contribution in [0.25, 0.3) is 0 Å². The Balaban J connectivity index is 2.20. The van der Waals surface area contributed by atoms with Gasteiger partial charge in [0.1, 0.15) is 0 Å². The monoisotopic (exact) mass is 308 g/mol. The van der Waals surface area contributed by atoms with E-state index < -0.39 is 0 Å². The van der Waals surface area contributed by atoms with Gasteiger partial charge in [-0.3, -0.25) is 0 Å². The van der Waals surface area contributed by atoms with Crippen molar-refractivity contribution >= 4 is 17.3 Å². The van der Waals surface area contributed by atoms with Gasteiger partial charge in [-0.1, -0.05) is 38.4 Å². The molecule has 0 amide bonds. The van der Waals surface area contributed by atoms with Crippen LogP contribution in [-0.2, 0) is 6.54 Å². The lowest BCUT2D eigenvalue weighted by Crippen LogP contribution is -2.43. The van der Waals surface area contributed by atoms with Gasteiger partial charge in [-0.05, 0) is 50.3 Å². The Hall–Kier alpha value is -0.730. The number of piperidine rings is 1. The Kier molecular flexibility index (Phi) is 5.95. The highest BCUT2D eigenvalue weighted by Gasteiger charge is 2.26. The Morgan fingerprint density at radius 2 is 2.10 bits per heavy atom. The third-order valence-electron chi connectivity index (χ3n) is 4.63. The van der Waals surface area contributed by atoms with Crippen molar-refractivity contribution < 1.29 is 0 Å². The Morgan fingerprint density at radius 3 is 2.81 bits per heavy atom. The number of halogens is 1. The fourth-order valence-corrected chi connectivity index (χ4v) is 3.39. The number of benzene rings is 1. The second-order valence-electron chi connectivity index (χ2n) is 6.82. The number of anilines is 1. The van der Waals surface area contributed by atoms with Gasteiger partial charge in [-0.2, -0.15) is 0 Å². The summed E-state index contributed by atoms with van der Waals surface area (Å²) in [4.78, 5) is 2.55. The topological polar surface area (TPSA) is 15.3 Å². The predicted molar refractivity (Wildman–Crippen MR) is 93.2 cm³/mol. The maximum absolute atomic E-state index is 6.48. The van der Waals surface area contributed by atoms with E-state index in [0.29, 0.717) is 12.0 Å². The molecule has 1 N–H and O–H groups in total. The normalized spacial score (nSPS) is 22.9. The van der Waals surface area contributed by atoms with E-state index >= 15 is 0 Å². The zero-order valence-corrected chi connectivity index (χ0v) is 14.6. The van der Waals surface area contributed by atoms with Crippen LogP contribution in [-0.4, -0.2) is 19.1 Å². The van der Waals surface area contributed by atoms with Gasteiger partial charge in [0.15, 0.2) is 0 Å². The van der Waals surface area contributed by atoms with Crippen molar-refractivity contribution in [3.8, 4) is 0 Å². The fraction of sp³-hybridized carbons (Fsp3) is 0.667. The first kappa shape index (κ1) is 16.6. The summed E-state index contributed by atoms with van der Waals surface area (Å²) in [6, 6.07) is 6.90. The Bertz CT molecular complexity index is 459. The van der Waals surface area contributed by atoms with Crippen LogP contribution < -0.4 is 10.2 Å². The van der Waals surface area contributed by atoms with Gasteiger partial charge in [-0.25, -0.2) is 0 Å². The zero-order chi connectivity index (χ0) is 15.4. The molecule has 0 aromatic heterocycles. The van der Waals surface area contributed by atoms with Crippen LogP contribution in [0, 0.1) is 11.8 Å². The molecule has 1 fully saturated rings. The minimum Gasteiger partial charge on any atom is -0.368 e. The summed E-state index contributed by atoms with van der Waals surface area (Å²) in [6.45, 7) is 12.2. The zero-order valence-electron chi connectivity index (χ0n) is 13.8. The van der Waals surface area contributed by atoms with Crippen molar-refractivity contribution in [2.75, 3.05) is 18.0 Å². The van der Waals surface area contributed by atoms with Gasteiger partial charge >= 0.3 is 0 Å². The molecule has 2 nitrogen and oxygen atoms in total. The largest absolute Gasteiger partial charge is 0.368 e. The van der Waals surface area contributed by atoms with Gasteiger partial charge in [-0.15, -0.1) is 0 Å². The van der Waals surface area contributed by atoms with Crippen LogP contribution >= 0.6 is 11.6 Å². The van der Waals surface area contributed by atoms with Crippen LogP contribution in [0.1, 0.15) is 46.1 Å². The molecule has 0 spiro atoms. The molecular formula is C18H29ClN2. The highest BCUT2D eigenvalue weighted by atomic mass is 35.5. The van der Waals surface area contributed by atoms with Crippen LogP contribution in [0.4, 0.5) is 5.69 Å². The van der Waals surface area contributed by atoms with Gasteiger partial charge in [0.05, 0.1) is 0 Å². The molecule has 0 saturated carbocycles. The summed E-state index contributed by atoms with van der Waals surface area (Å²) in [5.41, 5.74) is 2.57. The van der Waals surface area contributed by atoms with Crippen LogP contribution in [0.3, 0.4) is 0 Å². The first-order valence-electron chi connectivity index (χ1n) is 8.25. The molecule has 2 rings (SSSR count). The van der Waals surface area contributed by atoms with Crippen molar-refractivity contribution in [1.29, 1.82) is 0 Å². The third-order valence-corrected chi connectivity index (χ3v) is 4.99. The summed E-state index contributed by atoms with van der Waals surface area (Å²) in [5, 5.41) is 4.42. The molecule has 21 heavy (non-hydrogen) atoms. The second-order valence-corrected chi connectivity index (χ2v) is 7.22. The maximum Gasteiger partial charge on any atom is 0.0471 e. The second kappa shape index (κ2) is 7.51. The first-order chi connectivity index (χ1) is 10.0. The molecule has 1 aromatic carbocycles. The fourth-order valence-electron chi connectivity index (χ4n) is 3.15. The van der Waals surface area contributed by atoms with Crippen molar-refractivity contribution in [2.24, 2.45) is 11.8 Å². The number of hydrogen-bond acceptors (Lipinski definition) is 2. The third kappa shape index (κ3) is 4.14. The van der Waals surface area contributed by atoms with E-state index in [0.717, 1.165) is 30.6 Å². The molecule has 0 aliphatic carbocycles. The van der Waals surface area contributed by atoms with Crippen molar-refractivity contribution in [3.05, 3.63) is 28.8 Å². The van der Waals surface area contributed by atoms with E-state index in [2.05, 4.69) is 50.0 Å². The summed E-state index contributed by atoms with van der Waals surface area (Å²) in [6.07, 6.45) is 2.61. The average Bonchev–Trinajstić information content (AvgIpc) is 2.43. The minimum atomic E-state index is 0.584. The van der Waals surface area contributed by atoms with E-state index in [-0.39, 0.29) is 0 Å². The van der Waals surface area contributed by atoms with E-state index in [1.165, 1.54) is 24.1 Å². The molecule has 1 saturated heterocycles. The highest BCUT2D eigenvalue weighted by molar-refractivity contribution is 6.31. The van der Waals surface area contributed by atoms with Gasteiger partial charge < -0.3 is 10.2 Å². The SMILES string of the molecule is CC(C)CNCc1c(Cl)cccc1N1CCCC(C)C1C. The standard InChI is InChI=1S/C18H29ClN2/c1-13(2)11-20-12-16-17(19)8-5-9-18(16)21-10-6-7-14(3)15(21)4/h5,8-9,13-15,20H,6-7,10-12H2,1-4H3. The summed E-state index contributed by atoms with van der Waals surface area (Å²) < 4.78 is 0. The Labute approximate surface area is 134 Å². The molecule has 1 aromatic rings. The van der Waals surface area contributed by atoms with Gasteiger partial charge in [0.25, 0.3) is 0 Å². The molecule has 0 radical (unpaired) electrons. The average molecular weight is 309 g/mol. The number of nitrogens with zero attached hydrogens (tertiary/aromatic N) is 1. The molecule has 2 unspecified atom stereocenters. The Morgan fingerprint density at radius 1 is 1.33 bits per heavy atom. The number of hydrogen-bond donors (Lipinski definition) is 1. The smallest absolute Gasteiger partial charge is 0.0471 e. The van der Waals surface area contributed by atoms with Crippen molar-refractivity contribution in [1.82, 2.24) is 5.32 Å². The summed E-state index contributed by atoms with van der Waals surface area (Å²) in [7, 11) is 0. The molecule has 118 valence electrons. The molecule has 1 aliphatic rings. The van der Waals surface area contributed by atoms with Crippen molar-refractivity contribution in [3.63, 3.8) is 0 Å². The lowest BCUT2D eigenvalue weighted by molar-refractivity contribution is 0.363. The van der Waals surface area contributed by atoms with Gasteiger partial charge in [0.2, 0.25) is 0 Å². The van der Waals surface area contributed by atoms with E-state index in [9.17, 15) is 0 Å². The molecular weight excluding hydrogens is 280 g/mol. The van der Waals surface area contributed by atoms with E-state index in [1.54, 1.807) is 0 Å². The van der Waals surface area contributed by atoms with E-state index in [4.69, 9.17) is 11.6 Å². The van der Waals surface area contributed by atoms with Crippen LogP contribution in [0.2, 0.25) is 5.02 Å². The number of nitrogens with one attached hydrogen (secondary N) is 1. The van der Waals surface area contributed by atoms with Crippen LogP contribution in [0.15, 0.2) is 18.2 Å². The predicted octanol–water partition coefficient (Wildman–Crippen LogP) is 4.71. The lowest BCUT2D eigenvalue weighted by atomic mass is 9.91. The van der Waals surface area contributed by atoms with Crippen LogP contribution in [0.5, 0.6) is 0 Å². The first-order valence-corrected chi connectivity index (χ1v) is 8.63. The summed E-state index contributed by atoms with van der Waals surface area (Å²) in [5.74, 6) is 1.40. The molecule has 0 bridgehead atoms.